The second-order valence-corrected chi connectivity index (χ2v) is 6.09. The number of amides is 3. The van der Waals surface area contributed by atoms with Crippen LogP contribution in [0.15, 0.2) is 0 Å². The fraction of sp³-hybridized carbons (Fsp3) is 0.733. The maximum atomic E-state index is 11.9. The highest BCUT2D eigenvalue weighted by Gasteiger charge is 2.18. The fourth-order valence-electron chi connectivity index (χ4n) is 3.14. The number of carbonyl (C=O) groups excluding carboxylic acids is 2. The number of rotatable bonds is 5. The third kappa shape index (κ3) is 4.00. The van der Waals surface area contributed by atoms with E-state index in [-0.39, 0.29) is 11.9 Å². The highest BCUT2D eigenvalue weighted by Crippen LogP contribution is 2.13. The Morgan fingerprint density at radius 2 is 1.96 bits per heavy atom. The van der Waals surface area contributed by atoms with Gasteiger partial charge in [-0.2, -0.15) is 0 Å². The summed E-state index contributed by atoms with van der Waals surface area (Å²) in [4.78, 5) is 25.6. The number of nitrogens with one attached hydrogen (secondary N) is 2. The lowest BCUT2D eigenvalue weighted by atomic mass is 10.2. The van der Waals surface area contributed by atoms with Crippen molar-refractivity contribution < 1.29 is 9.59 Å². The number of aromatic nitrogens is 3. The van der Waals surface area contributed by atoms with Gasteiger partial charge in [-0.15, -0.1) is 10.2 Å². The molecule has 23 heavy (non-hydrogen) atoms. The van der Waals surface area contributed by atoms with E-state index in [2.05, 4.69) is 25.4 Å². The van der Waals surface area contributed by atoms with Crippen LogP contribution in [0.25, 0.3) is 0 Å². The molecule has 1 saturated heterocycles. The highest BCUT2D eigenvalue weighted by molar-refractivity contribution is 5.76. The van der Waals surface area contributed by atoms with E-state index in [1.165, 1.54) is 0 Å². The summed E-state index contributed by atoms with van der Waals surface area (Å²) in [5.74, 6) is 2.00. The van der Waals surface area contributed by atoms with Crippen molar-refractivity contribution >= 4 is 11.9 Å². The minimum atomic E-state index is -0.234. The first-order chi connectivity index (χ1) is 11.2. The SMILES string of the molecule is O=C(NCCN1CCCCCC1=O)NCc1nnc2n1CCC2. The molecule has 1 aromatic heterocycles. The van der Waals surface area contributed by atoms with Gasteiger partial charge >= 0.3 is 6.03 Å². The monoisotopic (exact) mass is 320 g/mol. The van der Waals surface area contributed by atoms with Crippen LogP contribution >= 0.6 is 0 Å². The van der Waals surface area contributed by atoms with Gasteiger partial charge in [0, 0.05) is 39.0 Å². The Morgan fingerprint density at radius 3 is 2.87 bits per heavy atom. The number of aryl methyl sites for hydroxylation is 1. The molecule has 0 aliphatic carbocycles. The molecule has 2 N–H and O–H groups in total. The topological polar surface area (TPSA) is 92.2 Å². The van der Waals surface area contributed by atoms with Gasteiger partial charge in [0.15, 0.2) is 5.82 Å². The lowest BCUT2D eigenvalue weighted by molar-refractivity contribution is -0.130. The van der Waals surface area contributed by atoms with Crippen LogP contribution in [0.1, 0.15) is 43.8 Å². The van der Waals surface area contributed by atoms with E-state index in [0.717, 1.165) is 56.8 Å². The van der Waals surface area contributed by atoms with Crippen LogP contribution in [0.4, 0.5) is 4.79 Å². The lowest BCUT2D eigenvalue weighted by Crippen LogP contribution is -2.42. The molecule has 3 heterocycles. The maximum absolute atomic E-state index is 11.9. The summed E-state index contributed by atoms with van der Waals surface area (Å²) in [6.45, 7) is 3.15. The number of hydrogen-bond donors (Lipinski definition) is 2. The van der Waals surface area contributed by atoms with Gasteiger partial charge in [-0.25, -0.2) is 4.79 Å². The van der Waals surface area contributed by atoms with Crippen LogP contribution < -0.4 is 10.6 Å². The first-order valence-corrected chi connectivity index (χ1v) is 8.44. The van der Waals surface area contributed by atoms with Crippen LogP contribution in [0, 0.1) is 0 Å². The molecule has 8 nitrogen and oxygen atoms in total. The molecule has 8 heteroatoms. The van der Waals surface area contributed by atoms with Gasteiger partial charge in [0.1, 0.15) is 5.82 Å². The molecular weight excluding hydrogens is 296 g/mol. The molecule has 0 bridgehead atoms. The molecule has 1 fully saturated rings. The molecule has 126 valence electrons. The van der Waals surface area contributed by atoms with Crippen molar-refractivity contribution in [1.82, 2.24) is 30.3 Å². The van der Waals surface area contributed by atoms with E-state index in [1.54, 1.807) is 0 Å². The summed E-state index contributed by atoms with van der Waals surface area (Å²) < 4.78 is 2.07. The zero-order valence-corrected chi connectivity index (χ0v) is 13.4. The second kappa shape index (κ2) is 7.43. The van der Waals surface area contributed by atoms with E-state index in [1.807, 2.05) is 4.90 Å². The van der Waals surface area contributed by atoms with Crippen molar-refractivity contribution in [3.05, 3.63) is 11.6 Å². The molecule has 0 aromatic carbocycles. The fourth-order valence-corrected chi connectivity index (χ4v) is 3.14. The second-order valence-electron chi connectivity index (χ2n) is 6.09. The van der Waals surface area contributed by atoms with E-state index < -0.39 is 0 Å². The average molecular weight is 320 g/mol. The average Bonchev–Trinajstić information content (AvgIpc) is 3.09. The van der Waals surface area contributed by atoms with Gasteiger partial charge < -0.3 is 20.1 Å². The molecule has 0 radical (unpaired) electrons. The van der Waals surface area contributed by atoms with Crippen molar-refractivity contribution in [1.29, 1.82) is 0 Å². The van der Waals surface area contributed by atoms with Gasteiger partial charge in [-0.3, -0.25) is 4.79 Å². The predicted molar refractivity (Wildman–Crippen MR) is 83.6 cm³/mol. The van der Waals surface area contributed by atoms with E-state index in [9.17, 15) is 9.59 Å². The summed E-state index contributed by atoms with van der Waals surface area (Å²) in [7, 11) is 0. The molecule has 2 aliphatic rings. The van der Waals surface area contributed by atoms with Crippen molar-refractivity contribution in [3.8, 4) is 0 Å². The minimum absolute atomic E-state index is 0.198. The van der Waals surface area contributed by atoms with Gasteiger partial charge in [0.05, 0.1) is 6.54 Å². The largest absolute Gasteiger partial charge is 0.341 e. The molecule has 2 aliphatic heterocycles. The van der Waals surface area contributed by atoms with Crippen molar-refractivity contribution in [3.63, 3.8) is 0 Å². The van der Waals surface area contributed by atoms with Crippen LogP contribution in [-0.4, -0.2) is 51.2 Å². The Hall–Kier alpha value is -2.12. The predicted octanol–water partition coefficient (Wildman–Crippen LogP) is 0.426. The van der Waals surface area contributed by atoms with Crippen LogP contribution in [0.3, 0.4) is 0 Å². The summed E-state index contributed by atoms with van der Waals surface area (Å²) in [5.41, 5.74) is 0. The number of urea groups is 1. The summed E-state index contributed by atoms with van der Waals surface area (Å²) in [5, 5.41) is 13.8. The molecule has 3 amide bonds. The summed E-state index contributed by atoms with van der Waals surface area (Å²) in [6.07, 6.45) is 5.82. The molecule has 0 saturated carbocycles. The Balaban J connectivity index is 1.37. The van der Waals surface area contributed by atoms with Crippen LogP contribution in [0.5, 0.6) is 0 Å². The Bertz CT molecular complexity index is 570. The molecule has 0 spiro atoms. The Kier molecular flexibility index (Phi) is 5.09. The quantitative estimate of drug-likeness (QED) is 0.823. The summed E-state index contributed by atoms with van der Waals surface area (Å²) in [6, 6.07) is -0.234. The summed E-state index contributed by atoms with van der Waals surface area (Å²) >= 11 is 0. The maximum Gasteiger partial charge on any atom is 0.315 e. The normalized spacial score (nSPS) is 17.7. The highest BCUT2D eigenvalue weighted by atomic mass is 16.2. The molecule has 0 atom stereocenters. The number of fused-ring (bicyclic) bond motifs is 1. The van der Waals surface area contributed by atoms with Gasteiger partial charge in [-0.1, -0.05) is 6.42 Å². The van der Waals surface area contributed by atoms with Gasteiger partial charge in [0.2, 0.25) is 5.91 Å². The third-order valence-electron chi connectivity index (χ3n) is 4.43. The molecule has 1 aromatic rings. The van der Waals surface area contributed by atoms with Gasteiger partial charge in [0.25, 0.3) is 0 Å². The van der Waals surface area contributed by atoms with Crippen molar-refractivity contribution in [2.45, 2.75) is 51.6 Å². The van der Waals surface area contributed by atoms with Crippen LogP contribution in [-0.2, 0) is 24.3 Å². The minimum Gasteiger partial charge on any atom is -0.341 e. The van der Waals surface area contributed by atoms with Crippen LogP contribution in [0.2, 0.25) is 0 Å². The zero-order chi connectivity index (χ0) is 16.1. The third-order valence-corrected chi connectivity index (χ3v) is 4.43. The Morgan fingerprint density at radius 1 is 1.04 bits per heavy atom. The first-order valence-electron chi connectivity index (χ1n) is 8.44. The number of hydrogen-bond acceptors (Lipinski definition) is 4. The van der Waals surface area contributed by atoms with E-state index in [0.29, 0.717) is 26.1 Å². The lowest BCUT2D eigenvalue weighted by Gasteiger charge is -2.20. The molecule has 3 rings (SSSR count). The molecular formula is C15H24N6O2. The van der Waals surface area contributed by atoms with E-state index >= 15 is 0 Å². The number of carbonyl (C=O) groups is 2. The van der Waals surface area contributed by atoms with E-state index in [4.69, 9.17) is 0 Å². The molecule has 0 unspecified atom stereocenters. The van der Waals surface area contributed by atoms with Gasteiger partial charge in [-0.05, 0) is 19.3 Å². The number of nitrogens with zero attached hydrogens (tertiary/aromatic N) is 4. The Labute approximate surface area is 135 Å². The zero-order valence-electron chi connectivity index (χ0n) is 13.4. The first kappa shape index (κ1) is 15.8. The van der Waals surface area contributed by atoms with Crippen molar-refractivity contribution in [2.75, 3.05) is 19.6 Å². The smallest absolute Gasteiger partial charge is 0.315 e. The standard InChI is InChI=1S/C15H24N6O2/c22-14-6-2-1-3-8-20(14)10-7-16-15(23)17-11-13-19-18-12-5-4-9-21(12)13/h1-11H2,(H2,16,17,23). The van der Waals surface area contributed by atoms with Crippen molar-refractivity contribution in [2.24, 2.45) is 0 Å². The number of likely N-dealkylation sites (tertiary alicyclic amines) is 1.